The number of pyridine rings is 1. The van der Waals surface area contributed by atoms with Crippen LogP contribution in [0.25, 0.3) is 10.9 Å². The van der Waals surface area contributed by atoms with E-state index >= 15 is 8.78 Å². The number of ether oxygens (including phenoxy) is 1. The van der Waals surface area contributed by atoms with Crippen molar-refractivity contribution in [3.8, 4) is 5.75 Å². The average Bonchev–Trinajstić information content (AvgIpc) is 3.25. The average molecular weight is 858 g/mol. The molecule has 13 heteroatoms. The number of piperidine rings is 2. The molecule has 0 bridgehead atoms. The van der Waals surface area contributed by atoms with Crippen LogP contribution in [0.15, 0.2) is 51.2 Å². The third-order valence-corrected chi connectivity index (χ3v) is 15.7. The third kappa shape index (κ3) is 12.1. The van der Waals surface area contributed by atoms with Crippen LogP contribution in [0.3, 0.4) is 0 Å². The number of anilines is 1. The van der Waals surface area contributed by atoms with E-state index in [-0.39, 0.29) is 11.5 Å². The molecule has 3 aliphatic heterocycles. The fourth-order valence-electron chi connectivity index (χ4n) is 9.44. The van der Waals surface area contributed by atoms with Crippen molar-refractivity contribution < 1.29 is 26.5 Å². The van der Waals surface area contributed by atoms with Crippen LogP contribution in [0.5, 0.6) is 5.75 Å². The Morgan fingerprint density at radius 3 is 1.80 bits per heavy atom. The molecule has 2 aromatic carbocycles. The Labute approximate surface area is 356 Å². The zero-order valence-electron chi connectivity index (χ0n) is 35.9. The van der Waals surface area contributed by atoms with Crippen molar-refractivity contribution in [1.82, 2.24) is 19.7 Å². The van der Waals surface area contributed by atoms with Gasteiger partial charge in [-0.3, -0.25) is 14.8 Å². The summed E-state index contributed by atoms with van der Waals surface area (Å²) in [5.41, 5.74) is 1.01. The Kier molecular flexibility index (Phi) is 17.5. The minimum absolute atomic E-state index is 0.116. The summed E-state index contributed by atoms with van der Waals surface area (Å²) < 4.78 is 78.1. The maximum atomic E-state index is 15.5. The first-order valence-electron chi connectivity index (χ1n) is 22.7. The number of aromatic nitrogens is 1. The highest BCUT2D eigenvalue weighted by molar-refractivity contribution is 7.91. The number of rotatable bonds is 21. The summed E-state index contributed by atoms with van der Waals surface area (Å²) in [7, 11) is -4.44. The molecule has 0 aliphatic carbocycles. The number of sulfone groups is 1. The van der Waals surface area contributed by atoms with E-state index in [0.717, 1.165) is 77.0 Å². The number of hydrogen-bond donors (Lipinski definition) is 0. The number of piperazine rings is 1. The van der Waals surface area contributed by atoms with Crippen molar-refractivity contribution in [3.63, 3.8) is 0 Å². The molecule has 6 rings (SSSR count). The van der Waals surface area contributed by atoms with E-state index in [1.165, 1.54) is 83.5 Å². The molecule has 9 nitrogen and oxygen atoms in total. The summed E-state index contributed by atoms with van der Waals surface area (Å²) >= 11 is -1.32. The van der Waals surface area contributed by atoms with Gasteiger partial charge in [-0.05, 0) is 87.2 Å². The van der Waals surface area contributed by atoms with Gasteiger partial charge in [0.2, 0.25) is 9.84 Å². The number of halogens is 2. The number of fused-ring (bicyclic) bond motifs is 1. The molecule has 0 spiro atoms. The van der Waals surface area contributed by atoms with Crippen molar-refractivity contribution in [2.45, 2.75) is 143 Å². The maximum Gasteiger partial charge on any atom is 0.210 e. The first-order chi connectivity index (χ1) is 28.6. The largest absolute Gasteiger partial charge is 0.612 e. The van der Waals surface area contributed by atoms with Gasteiger partial charge in [0.1, 0.15) is 11.2 Å². The molecule has 0 saturated carbocycles. The van der Waals surface area contributed by atoms with Crippen molar-refractivity contribution in [2.24, 2.45) is 0 Å². The van der Waals surface area contributed by atoms with Gasteiger partial charge in [-0.15, -0.1) is 0 Å². The Balaban J connectivity index is 1.09. The molecule has 0 amide bonds. The zero-order valence-corrected chi connectivity index (χ0v) is 37.6. The van der Waals surface area contributed by atoms with Crippen LogP contribution in [0.4, 0.5) is 14.5 Å². The molecule has 3 aromatic rings. The lowest BCUT2D eigenvalue weighted by Gasteiger charge is -2.46. The molecule has 1 unspecified atom stereocenters. The lowest BCUT2D eigenvalue weighted by Crippen LogP contribution is -2.56. The highest BCUT2D eigenvalue weighted by Gasteiger charge is 2.34. The van der Waals surface area contributed by atoms with Crippen molar-refractivity contribution in [3.05, 3.63) is 48.2 Å². The Bertz CT molecular complexity index is 1860. The monoisotopic (exact) mass is 857 g/mol. The predicted molar refractivity (Wildman–Crippen MR) is 236 cm³/mol. The highest BCUT2D eigenvalue weighted by Crippen LogP contribution is 2.40. The SMILES string of the molecule is CCCCCCCCCCCCCCOc1c(F)cc(S(=O)(=O)c2cnc3ccc([S+](C)[O-])cc3c2N2CCC(N3CCN(C4CCN(CC)CC4)CC3)CC2)cc1F. The highest BCUT2D eigenvalue weighted by atomic mass is 32.2. The van der Waals surface area contributed by atoms with Gasteiger partial charge >= 0.3 is 0 Å². The van der Waals surface area contributed by atoms with Gasteiger partial charge in [0.15, 0.2) is 22.3 Å². The van der Waals surface area contributed by atoms with Gasteiger partial charge < -0.3 is 19.1 Å². The predicted octanol–water partition coefficient (Wildman–Crippen LogP) is 9.23. The smallest absolute Gasteiger partial charge is 0.210 e. The number of hydrogen-bond acceptors (Lipinski definition) is 9. The molecule has 1 aromatic heterocycles. The summed E-state index contributed by atoms with van der Waals surface area (Å²) in [5, 5.41) is 0.559. The standard InChI is InChI=1S/C46H69F2N5O4S2/c1-4-6-7-8-9-10-11-12-13-14-15-16-31-57-46-41(47)33-39(34-42(46)48)59(55,56)44-35-49-43-18-17-38(58(3)54)32-40(43)45(44)53-25-21-37(22-26-53)52-29-27-51(28-30-52)36-19-23-50(5-2)24-20-36/h17-18,32-37H,4-16,19-31H2,1-3H3. The first-order valence-corrected chi connectivity index (χ1v) is 25.7. The third-order valence-electron chi connectivity index (χ3n) is 13.1. The summed E-state index contributed by atoms with van der Waals surface area (Å²) in [6.45, 7) is 13.5. The molecule has 3 aliphatic rings. The molecular weight excluding hydrogens is 789 g/mol. The Hall–Kier alpha value is -2.55. The topological polar surface area (TPSA) is 92.3 Å². The Morgan fingerprint density at radius 1 is 0.746 bits per heavy atom. The van der Waals surface area contributed by atoms with Gasteiger partial charge in [0.25, 0.3) is 0 Å². The van der Waals surface area contributed by atoms with Crippen LogP contribution < -0.4 is 9.64 Å². The van der Waals surface area contributed by atoms with Gasteiger partial charge in [0, 0.05) is 69.0 Å². The second-order valence-electron chi connectivity index (χ2n) is 17.0. The molecule has 4 heterocycles. The zero-order chi connectivity index (χ0) is 41.8. The number of unbranched alkanes of at least 4 members (excludes halogenated alkanes) is 11. The second-order valence-corrected chi connectivity index (χ2v) is 20.3. The van der Waals surface area contributed by atoms with Crippen LogP contribution in [-0.2, 0) is 21.0 Å². The quantitative estimate of drug-likeness (QED) is 0.0769. The Morgan fingerprint density at radius 2 is 1.27 bits per heavy atom. The van der Waals surface area contributed by atoms with Gasteiger partial charge in [0.05, 0.1) is 22.7 Å². The van der Waals surface area contributed by atoms with Crippen LogP contribution in [-0.4, -0.2) is 117 Å². The summed E-state index contributed by atoms with van der Waals surface area (Å²) in [4.78, 5) is 14.3. The van der Waals surface area contributed by atoms with Gasteiger partial charge in [-0.25, -0.2) is 17.2 Å². The normalized spacial score (nSPS) is 18.8. The minimum atomic E-state index is -4.44. The first kappa shape index (κ1) is 46.0. The van der Waals surface area contributed by atoms with Crippen molar-refractivity contribution in [1.29, 1.82) is 0 Å². The van der Waals surface area contributed by atoms with Gasteiger partial charge in [-0.1, -0.05) is 84.5 Å². The van der Waals surface area contributed by atoms with Crippen LogP contribution in [0.1, 0.15) is 117 Å². The van der Waals surface area contributed by atoms with Gasteiger partial charge in [-0.2, -0.15) is 0 Å². The van der Waals surface area contributed by atoms with E-state index in [9.17, 15) is 13.0 Å². The van der Waals surface area contributed by atoms with Crippen LogP contribution in [0.2, 0.25) is 0 Å². The van der Waals surface area contributed by atoms with E-state index in [1.54, 1.807) is 24.5 Å². The second kappa shape index (κ2) is 22.5. The fraction of sp³-hybridized carbons (Fsp3) is 0.674. The number of nitrogens with zero attached hydrogens (tertiary/aromatic N) is 5. The lowest BCUT2D eigenvalue weighted by atomic mass is 9.99. The maximum absolute atomic E-state index is 15.5. The van der Waals surface area contributed by atoms with E-state index in [1.807, 2.05) is 0 Å². The molecule has 59 heavy (non-hydrogen) atoms. The molecule has 0 radical (unpaired) electrons. The van der Waals surface area contributed by atoms with Crippen molar-refractivity contribution >= 4 is 37.6 Å². The fourth-order valence-corrected chi connectivity index (χ4v) is 11.4. The molecule has 3 saturated heterocycles. The molecule has 328 valence electrons. The number of likely N-dealkylation sites (tertiary alicyclic amines) is 1. The molecular formula is C46H69F2N5O4S2. The van der Waals surface area contributed by atoms with E-state index in [2.05, 4.69) is 38.4 Å². The van der Waals surface area contributed by atoms with Crippen molar-refractivity contribution in [2.75, 3.05) is 76.7 Å². The van der Waals surface area contributed by atoms with Crippen LogP contribution in [0, 0.1) is 11.6 Å². The van der Waals surface area contributed by atoms with E-state index in [4.69, 9.17) is 4.74 Å². The minimum Gasteiger partial charge on any atom is -0.612 e. The summed E-state index contributed by atoms with van der Waals surface area (Å²) in [5.74, 6) is -2.65. The molecule has 0 N–H and O–H groups in total. The molecule has 1 atom stereocenters. The summed E-state index contributed by atoms with van der Waals surface area (Å²) in [6.07, 6.45) is 21.1. The molecule has 3 fully saturated rings. The lowest BCUT2D eigenvalue weighted by molar-refractivity contribution is 0.0384. The van der Waals surface area contributed by atoms with E-state index in [0.29, 0.717) is 53.1 Å². The number of benzene rings is 2. The van der Waals surface area contributed by atoms with E-state index < -0.39 is 43.3 Å². The van der Waals surface area contributed by atoms with Crippen LogP contribution >= 0.6 is 0 Å². The summed E-state index contributed by atoms with van der Waals surface area (Å²) in [6, 6.07) is 8.01.